The summed E-state index contributed by atoms with van der Waals surface area (Å²) in [6.07, 6.45) is 0.575. The second-order valence-electron chi connectivity index (χ2n) is 6.05. The third-order valence-electron chi connectivity index (χ3n) is 3.42. The molecule has 0 saturated carbocycles. The minimum atomic E-state index is -1.10. The summed E-state index contributed by atoms with van der Waals surface area (Å²) in [5, 5.41) is 23.2. The zero-order chi connectivity index (χ0) is 18.1. The number of carboxylic acids is 2. The molecule has 0 spiro atoms. The Morgan fingerprint density at radius 3 is 2.17 bits per heavy atom. The maximum atomic E-state index is 12.4. The average Bonchev–Trinajstić information content (AvgIpc) is 2.50. The summed E-state index contributed by atoms with van der Waals surface area (Å²) < 4.78 is 0. The van der Waals surface area contributed by atoms with Gasteiger partial charge in [0.1, 0.15) is 6.04 Å². The van der Waals surface area contributed by atoms with Crippen molar-refractivity contribution in [2.24, 2.45) is 5.92 Å². The molecule has 2 atom stereocenters. The third-order valence-corrected chi connectivity index (χ3v) is 3.42. The van der Waals surface area contributed by atoms with Crippen LogP contribution in [0.15, 0.2) is 30.3 Å². The van der Waals surface area contributed by atoms with Crippen molar-refractivity contribution in [1.29, 1.82) is 0 Å². The first-order valence-electron chi connectivity index (χ1n) is 7.82. The normalized spacial score (nSPS) is 13.3. The zero-order valence-electron chi connectivity index (χ0n) is 13.9. The summed E-state index contributed by atoms with van der Waals surface area (Å²) in [5.41, 5.74) is 0.853. The number of aliphatic carboxylic acids is 2. The first-order chi connectivity index (χ1) is 11.3. The lowest BCUT2D eigenvalue weighted by atomic mass is 10.0. The van der Waals surface area contributed by atoms with Gasteiger partial charge in [-0.2, -0.15) is 0 Å². The van der Waals surface area contributed by atoms with Crippen molar-refractivity contribution in [2.75, 3.05) is 6.54 Å². The molecule has 0 saturated heterocycles. The number of amides is 1. The van der Waals surface area contributed by atoms with E-state index >= 15 is 0 Å². The van der Waals surface area contributed by atoms with Crippen LogP contribution in [-0.4, -0.2) is 46.7 Å². The van der Waals surface area contributed by atoms with E-state index in [1.165, 1.54) is 0 Å². The highest BCUT2D eigenvalue weighted by Crippen LogP contribution is 2.07. The van der Waals surface area contributed by atoms with Crippen LogP contribution < -0.4 is 10.6 Å². The molecule has 0 unspecified atom stereocenters. The maximum Gasteiger partial charge on any atom is 0.326 e. The third kappa shape index (κ3) is 7.23. The molecule has 4 N–H and O–H groups in total. The lowest BCUT2D eigenvalue weighted by Crippen LogP contribution is -2.52. The maximum absolute atomic E-state index is 12.4. The van der Waals surface area contributed by atoms with Gasteiger partial charge in [0.05, 0.1) is 12.6 Å². The van der Waals surface area contributed by atoms with Gasteiger partial charge in [-0.05, 0) is 24.3 Å². The molecule has 0 bridgehead atoms. The van der Waals surface area contributed by atoms with Gasteiger partial charge in [-0.3, -0.25) is 14.9 Å². The summed E-state index contributed by atoms with van der Waals surface area (Å²) in [5.74, 6) is -2.61. The molecule has 132 valence electrons. The van der Waals surface area contributed by atoms with E-state index in [0.29, 0.717) is 6.42 Å². The highest BCUT2D eigenvalue weighted by molar-refractivity contribution is 5.87. The van der Waals surface area contributed by atoms with E-state index in [1.807, 2.05) is 44.2 Å². The molecule has 24 heavy (non-hydrogen) atoms. The highest BCUT2D eigenvalue weighted by atomic mass is 16.4. The van der Waals surface area contributed by atoms with Gasteiger partial charge in [0.2, 0.25) is 5.91 Å². The SMILES string of the molecule is CC(C)C[C@H](NC(=O)[C@@H](Cc1ccccc1)NCC(=O)O)C(=O)O. The number of benzene rings is 1. The number of rotatable bonds is 10. The molecule has 0 aliphatic heterocycles. The summed E-state index contributed by atoms with van der Waals surface area (Å²) in [7, 11) is 0. The minimum Gasteiger partial charge on any atom is -0.480 e. The quantitative estimate of drug-likeness (QED) is 0.504. The van der Waals surface area contributed by atoms with E-state index < -0.39 is 29.9 Å². The smallest absolute Gasteiger partial charge is 0.326 e. The number of carboxylic acid groups (broad SMARTS) is 2. The minimum absolute atomic E-state index is 0.103. The first kappa shape index (κ1) is 19.6. The predicted octanol–water partition coefficient (Wildman–Crippen LogP) is 0.887. The number of hydrogen-bond donors (Lipinski definition) is 4. The van der Waals surface area contributed by atoms with E-state index in [9.17, 15) is 19.5 Å². The molecule has 1 aromatic carbocycles. The Hall–Kier alpha value is -2.41. The Kier molecular flexibility index (Phi) is 7.91. The van der Waals surface area contributed by atoms with E-state index in [0.717, 1.165) is 5.56 Å². The Bertz CT molecular complexity index is 559. The van der Waals surface area contributed by atoms with E-state index in [4.69, 9.17) is 5.11 Å². The molecule has 1 aromatic rings. The summed E-state index contributed by atoms with van der Waals surface area (Å²) in [6, 6.07) is 7.31. The molecule has 7 nitrogen and oxygen atoms in total. The van der Waals surface area contributed by atoms with Crippen LogP contribution in [0.4, 0.5) is 0 Å². The fourth-order valence-electron chi connectivity index (χ4n) is 2.28. The summed E-state index contributed by atoms with van der Waals surface area (Å²) >= 11 is 0. The molecule has 1 rings (SSSR count). The molecular formula is C17H24N2O5. The second-order valence-corrected chi connectivity index (χ2v) is 6.05. The second kappa shape index (κ2) is 9.67. The molecule has 7 heteroatoms. The van der Waals surface area contributed by atoms with Gasteiger partial charge in [0.15, 0.2) is 0 Å². The molecule has 0 fully saturated rings. The Morgan fingerprint density at radius 2 is 1.67 bits per heavy atom. The summed E-state index contributed by atoms with van der Waals surface area (Å²) in [6.45, 7) is 3.35. The van der Waals surface area contributed by atoms with Gasteiger partial charge >= 0.3 is 11.9 Å². The monoisotopic (exact) mass is 336 g/mol. The largest absolute Gasteiger partial charge is 0.480 e. The van der Waals surface area contributed by atoms with Gasteiger partial charge in [0.25, 0.3) is 0 Å². The number of carbonyl (C=O) groups is 3. The van der Waals surface area contributed by atoms with Crippen LogP contribution in [0, 0.1) is 5.92 Å². The van der Waals surface area contributed by atoms with Gasteiger partial charge in [-0.1, -0.05) is 44.2 Å². The summed E-state index contributed by atoms with van der Waals surface area (Å²) in [4.78, 5) is 34.5. The number of nitrogens with one attached hydrogen (secondary N) is 2. The van der Waals surface area contributed by atoms with Crippen LogP contribution in [0.3, 0.4) is 0 Å². The lowest BCUT2D eigenvalue weighted by Gasteiger charge is -2.22. The molecule has 0 aromatic heterocycles. The van der Waals surface area contributed by atoms with Crippen LogP contribution in [0.5, 0.6) is 0 Å². The van der Waals surface area contributed by atoms with E-state index in [2.05, 4.69) is 10.6 Å². The van der Waals surface area contributed by atoms with Crippen molar-refractivity contribution in [1.82, 2.24) is 10.6 Å². The van der Waals surface area contributed by atoms with Crippen LogP contribution in [0.25, 0.3) is 0 Å². The molecular weight excluding hydrogens is 312 g/mol. The molecule has 0 radical (unpaired) electrons. The molecule has 0 aliphatic carbocycles. The zero-order valence-corrected chi connectivity index (χ0v) is 13.9. The number of carbonyl (C=O) groups excluding carboxylic acids is 1. The Labute approximate surface area is 141 Å². The van der Waals surface area contributed by atoms with Crippen molar-refractivity contribution < 1.29 is 24.6 Å². The van der Waals surface area contributed by atoms with Gasteiger partial charge in [-0.25, -0.2) is 4.79 Å². The van der Waals surface area contributed by atoms with E-state index in [-0.39, 0.29) is 18.9 Å². The van der Waals surface area contributed by atoms with Crippen molar-refractivity contribution >= 4 is 17.8 Å². The van der Waals surface area contributed by atoms with Crippen molar-refractivity contribution in [3.8, 4) is 0 Å². The van der Waals surface area contributed by atoms with Crippen molar-refractivity contribution in [3.63, 3.8) is 0 Å². The highest BCUT2D eigenvalue weighted by Gasteiger charge is 2.26. The molecule has 0 aliphatic rings. The lowest BCUT2D eigenvalue weighted by molar-refractivity contribution is -0.143. The predicted molar refractivity (Wildman–Crippen MR) is 88.6 cm³/mol. The van der Waals surface area contributed by atoms with E-state index in [1.54, 1.807) is 0 Å². The molecule has 0 heterocycles. The standard InChI is InChI=1S/C17H24N2O5/c1-11(2)8-14(17(23)24)19-16(22)13(18-10-15(20)21)9-12-6-4-3-5-7-12/h3-7,11,13-14,18H,8-10H2,1-2H3,(H,19,22)(H,20,21)(H,23,24)/t13-,14+/m1/s1. The fourth-order valence-corrected chi connectivity index (χ4v) is 2.28. The fraction of sp³-hybridized carbons (Fsp3) is 0.471. The molecule has 1 amide bonds. The van der Waals surface area contributed by atoms with Gasteiger partial charge < -0.3 is 15.5 Å². The topological polar surface area (TPSA) is 116 Å². The van der Waals surface area contributed by atoms with Gasteiger partial charge in [0, 0.05) is 0 Å². The van der Waals surface area contributed by atoms with Crippen molar-refractivity contribution in [2.45, 2.75) is 38.8 Å². The Morgan fingerprint density at radius 1 is 1.04 bits per heavy atom. The van der Waals surface area contributed by atoms with Crippen LogP contribution in [-0.2, 0) is 20.8 Å². The van der Waals surface area contributed by atoms with Crippen LogP contribution in [0.2, 0.25) is 0 Å². The number of hydrogen-bond acceptors (Lipinski definition) is 4. The van der Waals surface area contributed by atoms with Crippen molar-refractivity contribution in [3.05, 3.63) is 35.9 Å². The Balaban J connectivity index is 2.81. The average molecular weight is 336 g/mol. The van der Waals surface area contributed by atoms with Crippen LogP contribution >= 0.6 is 0 Å². The van der Waals surface area contributed by atoms with Crippen LogP contribution in [0.1, 0.15) is 25.8 Å². The van der Waals surface area contributed by atoms with Gasteiger partial charge in [-0.15, -0.1) is 0 Å². The first-order valence-corrected chi connectivity index (χ1v) is 7.82.